The van der Waals surface area contributed by atoms with Crippen LogP contribution in [0.5, 0.6) is 0 Å². The lowest BCUT2D eigenvalue weighted by Gasteiger charge is -2.31. The standard InChI is InChI=1S/C14H23FN2O/c1-4-17(7-8-18-3)14(10-16)13-9-12(15)6-5-11(13)2/h5-6,9,14H,4,7-8,10,16H2,1-3H3. The molecule has 0 fully saturated rings. The minimum absolute atomic E-state index is 0.0425. The van der Waals surface area contributed by atoms with Crippen molar-refractivity contribution in [1.29, 1.82) is 0 Å². The molecule has 0 aromatic heterocycles. The third-order valence-electron chi connectivity index (χ3n) is 3.25. The molecule has 0 bridgehead atoms. The Morgan fingerprint density at radius 1 is 1.44 bits per heavy atom. The highest BCUT2D eigenvalue weighted by molar-refractivity contribution is 5.30. The van der Waals surface area contributed by atoms with Gasteiger partial charge < -0.3 is 10.5 Å². The Hall–Kier alpha value is -0.970. The first kappa shape index (κ1) is 15.1. The van der Waals surface area contributed by atoms with E-state index in [0.29, 0.717) is 13.2 Å². The van der Waals surface area contributed by atoms with Gasteiger partial charge in [0, 0.05) is 26.2 Å². The highest BCUT2D eigenvalue weighted by Gasteiger charge is 2.19. The van der Waals surface area contributed by atoms with Gasteiger partial charge in [0.25, 0.3) is 0 Å². The maximum Gasteiger partial charge on any atom is 0.123 e. The highest BCUT2D eigenvalue weighted by Crippen LogP contribution is 2.23. The molecule has 0 aliphatic heterocycles. The van der Waals surface area contributed by atoms with E-state index in [1.807, 2.05) is 6.92 Å². The summed E-state index contributed by atoms with van der Waals surface area (Å²) in [6.07, 6.45) is 0. The average molecular weight is 254 g/mol. The second-order valence-corrected chi connectivity index (χ2v) is 4.37. The van der Waals surface area contributed by atoms with Crippen molar-refractivity contribution in [3.8, 4) is 0 Å². The molecule has 0 saturated carbocycles. The Kier molecular flexibility index (Phi) is 6.25. The molecule has 0 amide bonds. The summed E-state index contributed by atoms with van der Waals surface area (Å²) in [5.41, 5.74) is 7.91. The molecule has 1 aromatic rings. The van der Waals surface area contributed by atoms with Crippen molar-refractivity contribution in [2.24, 2.45) is 5.73 Å². The van der Waals surface area contributed by atoms with Crippen LogP contribution in [0.1, 0.15) is 24.1 Å². The Balaban J connectivity index is 2.95. The number of rotatable bonds is 7. The predicted molar refractivity (Wildman–Crippen MR) is 72.1 cm³/mol. The number of nitrogens with two attached hydrogens (primary N) is 1. The number of methoxy groups -OCH3 is 1. The van der Waals surface area contributed by atoms with E-state index >= 15 is 0 Å². The second kappa shape index (κ2) is 7.46. The van der Waals surface area contributed by atoms with Crippen molar-refractivity contribution >= 4 is 0 Å². The smallest absolute Gasteiger partial charge is 0.123 e. The summed E-state index contributed by atoms with van der Waals surface area (Å²) in [4.78, 5) is 2.21. The number of hydrogen-bond acceptors (Lipinski definition) is 3. The van der Waals surface area contributed by atoms with Gasteiger partial charge >= 0.3 is 0 Å². The lowest BCUT2D eigenvalue weighted by atomic mass is 9.99. The Labute approximate surface area is 109 Å². The van der Waals surface area contributed by atoms with Crippen LogP contribution in [0.2, 0.25) is 0 Å². The van der Waals surface area contributed by atoms with E-state index in [0.717, 1.165) is 24.2 Å². The quantitative estimate of drug-likeness (QED) is 0.810. The highest BCUT2D eigenvalue weighted by atomic mass is 19.1. The van der Waals surface area contributed by atoms with Gasteiger partial charge in [-0.25, -0.2) is 4.39 Å². The zero-order valence-electron chi connectivity index (χ0n) is 11.4. The molecule has 1 unspecified atom stereocenters. The van der Waals surface area contributed by atoms with Crippen LogP contribution in [0.25, 0.3) is 0 Å². The number of ether oxygens (including phenoxy) is 1. The SMILES string of the molecule is CCN(CCOC)C(CN)c1cc(F)ccc1C. The van der Waals surface area contributed by atoms with Gasteiger partial charge in [0.1, 0.15) is 5.82 Å². The molecule has 0 radical (unpaired) electrons. The van der Waals surface area contributed by atoms with Crippen molar-refractivity contribution in [3.63, 3.8) is 0 Å². The molecule has 1 rings (SSSR count). The van der Waals surface area contributed by atoms with E-state index in [-0.39, 0.29) is 11.9 Å². The number of hydrogen-bond donors (Lipinski definition) is 1. The molecule has 18 heavy (non-hydrogen) atoms. The minimum Gasteiger partial charge on any atom is -0.383 e. The fourth-order valence-electron chi connectivity index (χ4n) is 2.19. The normalized spacial score (nSPS) is 13.0. The number of likely N-dealkylation sites (N-methyl/N-ethyl adjacent to an activating group) is 1. The van der Waals surface area contributed by atoms with Crippen LogP contribution in [0.3, 0.4) is 0 Å². The van der Waals surface area contributed by atoms with Crippen molar-refractivity contribution in [2.75, 3.05) is 33.4 Å². The van der Waals surface area contributed by atoms with E-state index in [1.165, 1.54) is 6.07 Å². The molecule has 0 heterocycles. The molecule has 0 aliphatic carbocycles. The summed E-state index contributed by atoms with van der Waals surface area (Å²) in [7, 11) is 1.68. The van der Waals surface area contributed by atoms with E-state index < -0.39 is 0 Å². The number of aryl methyl sites for hydroxylation is 1. The van der Waals surface area contributed by atoms with Crippen LogP contribution in [0, 0.1) is 12.7 Å². The molecule has 0 aliphatic rings. The summed E-state index contributed by atoms with van der Waals surface area (Å²) < 4.78 is 18.5. The van der Waals surface area contributed by atoms with Crippen LogP contribution in [0.15, 0.2) is 18.2 Å². The van der Waals surface area contributed by atoms with Crippen molar-refractivity contribution in [1.82, 2.24) is 4.90 Å². The van der Waals surface area contributed by atoms with Crippen LogP contribution in [0.4, 0.5) is 4.39 Å². The summed E-state index contributed by atoms with van der Waals surface area (Å²) in [5.74, 6) is -0.211. The number of nitrogens with zero attached hydrogens (tertiary/aromatic N) is 1. The summed E-state index contributed by atoms with van der Waals surface area (Å²) in [6, 6.07) is 4.92. The first-order valence-electron chi connectivity index (χ1n) is 6.33. The summed E-state index contributed by atoms with van der Waals surface area (Å²) in [5, 5.41) is 0. The molecular weight excluding hydrogens is 231 g/mol. The van der Waals surface area contributed by atoms with Gasteiger partial charge in [-0.2, -0.15) is 0 Å². The Morgan fingerprint density at radius 2 is 2.17 bits per heavy atom. The molecule has 2 N–H and O–H groups in total. The fourth-order valence-corrected chi connectivity index (χ4v) is 2.19. The van der Waals surface area contributed by atoms with Gasteiger partial charge in [-0.1, -0.05) is 13.0 Å². The van der Waals surface area contributed by atoms with Crippen molar-refractivity contribution in [2.45, 2.75) is 19.9 Å². The van der Waals surface area contributed by atoms with Gasteiger partial charge in [-0.3, -0.25) is 4.90 Å². The third-order valence-corrected chi connectivity index (χ3v) is 3.25. The van der Waals surface area contributed by atoms with Gasteiger partial charge in [0.2, 0.25) is 0 Å². The lowest BCUT2D eigenvalue weighted by Crippen LogP contribution is -2.36. The van der Waals surface area contributed by atoms with Gasteiger partial charge in [0.15, 0.2) is 0 Å². The first-order valence-corrected chi connectivity index (χ1v) is 6.33. The maximum atomic E-state index is 13.4. The zero-order valence-corrected chi connectivity index (χ0v) is 11.4. The molecular formula is C14H23FN2O. The van der Waals surface area contributed by atoms with Crippen LogP contribution in [-0.4, -0.2) is 38.3 Å². The van der Waals surface area contributed by atoms with Crippen LogP contribution >= 0.6 is 0 Å². The molecule has 4 heteroatoms. The van der Waals surface area contributed by atoms with Gasteiger partial charge in [-0.05, 0) is 36.7 Å². The third kappa shape index (κ3) is 3.77. The number of halogens is 1. The van der Waals surface area contributed by atoms with E-state index in [2.05, 4.69) is 11.8 Å². The maximum absolute atomic E-state index is 13.4. The molecule has 0 saturated heterocycles. The molecule has 3 nitrogen and oxygen atoms in total. The monoisotopic (exact) mass is 254 g/mol. The summed E-state index contributed by atoms with van der Waals surface area (Å²) in [6.45, 7) is 6.85. The number of benzene rings is 1. The zero-order chi connectivity index (χ0) is 13.5. The minimum atomic E-state index is -0.211. The summed E-state index contributed by atoms with van der Waals surface area (Å²) >= 11 is 0. The van der Waals surface area contributed by atoms with Crippen LogP contribution < -0.4 is 5.73 Å². The van der Waals surface area contributed by atoms with Gasteiger partial charge in [-0.15, -0.1) is 0 Å². The van der Waals surface area contributed by atoms with Crippen LogP contribution in [-0.2, 0) is 4.74 Å². The Morgan fingerprint density at radius 3 is 2.72 bits per heavy atom. The van der Waals surface area contributed by atoms with E-state index in [1.54, 1.807) is 19.2 Å². The van der Waals surface area contributed by atoms with Gasteiger partial charge in [0.05, 0.1) is 6.61 Å². The molecule has 1 aromatic carbocycles. The topological polar surface area (TPSA) is 38.5 Å². The first-order chi connectivity index (χ1) is 8.63. The predicted octanol–water partition coefficient (Wildman–Crippen LogP) is 2.10. The van der Waals surface area contributed by atoms with E-state index in [4.69, 9.17) is 10.5 Å². The molecule has 1 atom stereocenters. The van der Waals surface area contributed by atoms with E-state index in [9.17, 15) is 4.39 Å². The molecule has 102 valence electrons. The molecule has 0 spiro atoms. The average Bonchev–Trinajstić information content (AvgIpc) is 2.38. The second-order valence-electron chi connectivity index (χ2n) is 4.37. The van der Waals surface area contributed by atoms with Crippen molar-refractivity contribution in [3.05, 3.63) is 35.1 Å². The lowest BCUT2D eigenvalue weighted by molar-refractivity contribution is 0.125. The largest absolute Gasteiger partial charge is 0.383 e. The fraction of sp³-hybridized carbons (Fsp3) is 0.571. The Bertz CT molecular complexity index is 371. The van der Waals surface area contributed by atoms with Crippen molar-refractivity contribution < 1.29 is 9.13 Å².